The standard InChI is InChI=1S/C62H81N13O29P4S4/c1-6-72-42-22-20-37(111(92,93)94)28-39(42)61(2,3)47(72)17-9-7-10-18-48-62(4,5)40-29-38(112(95,96)97)21-23-43(40)73(48)25-14-8-11-19-49(78)67-41(56(79)65-24-13-12-16-36-32-74(59(80)68-53(36)63)50-31-45(77)57(101-50)102-105(82,83)84)34-110-109-27-15-26-98-60(81)70-54-52-55(71-58(64)69-54)75(35-66-52)51-30-44(76)46(100-51)33-99-107(88,89)104-108(90,91)103-106(85,86)87/h7,9-10,17-18,20-23,28-29,32,35,41,44-46,50-51,57,76-77H,6,8,11,13-15,19,24-27,30-31,33-34H2,1-5H3,(H14-,63,64,65,67,68,69,70,71,78,79,80,81,82,83,84,85,86,87,88,89,90,91,92,93,94,95,96,97)/p+1/t41?,44-,45?,46+,50?,51-,57?/m0/s1. The van der Waals surface area contributed by atoms with Crippen molar-refractivity contribution in [2.24, 2.45) is 0 Å². The zero-order valence-corrected chi connectivity index (χ0v) is 66.9. The van der Waals surface area contributed by atoms with Crippen LogP contribution < -0.4 is 38.0 Å². The number of nitrogen functional groups attached to an aromatic ring is 2. The van der Waals surface area contributed by atoms with Crippen LogP contribution in [0, 0.1) is 11.8 Å². The fourth-order valence-electron chi connectivity index (χ4n) is 12.4. The highest BCUT2D eigenvalue weighted by molar-refractivity contribution is 8.76. The van der Waals surface area contributed by atoms with Crippen molar-refractivity contribution >= 4 is 137 Å². The maximum absolute atomic E-state index is 13.9. The number of nitrogens with zero attached hydrogens (tertiary/aromatic N) is 8. The predicted octanol–water partition coefficient (Wildman–Crippen LogP) is 4.56. The van der Waals surface area contributed by atoms with Gasteiger partial charge in [0.05, 0.1) is 46.4 Å². The van der Waals surface area contributed by atoms with Gasteiger partial charge in [-0.3, -0.25) is 42.2 Å². The number of hydrogen-bond donors (Lipinski definition) is 15. The molecule has 3 amide bonds. The fraction of sp³-hybridized carbons (Fsp3) is 0.468. The summed E-state index contributed by atoms with van der Waals surface area (Å²) in [7, 11) is -28.7. The van der Waals surface area contributed by atoms with Crippen LogP contribution >= 0.6 is 52.9 Å². The first-order chi connectivity index (χ1) is 52.3. The maximum atomic E-state index is 13.9. The van der Waals surface area contributed by atoms with Gasteiger partial charge >= 0.3 is 43.1 Å². The number of nitrogens with one attached hydrogen (secondary N) is 3. The van der Waals surface area contributed by atoms with E-state index in [9.17, 15) is 93.2 Å². The molecule has 3 aromatic heterocycles. The number of imidazole rings is 1. The van der Waals surface area contributed by atoms with Gasteiger partial charge in [-0.25, -0.2) is 32.8 Å². The minimum atomic E-state index is -5.83. The lowest BCUT2D eigenvalue weighted by Gasteiger charge is -2.25. The Morgan fingerprint density at radius 1 is 0.821 bits per heavy atom. The highest BCUT2D eigenvalue weighted by Crippen LogP contribution is 2.66. The lowest BCUT2D eigenvalue weighted by atomic mass is 9.81. The number of ether oxygens (including phenoxy) is 3. The molecular weight excluding hydrogens is 1640 g/mol. The van der Waals surface area contributed by atoms with Crippen LogP contribution in [-0.4, -0.2) is 198 Å². The molecule has 17 N–H and O–H groups in total. The Kier molecular flexibility index (Phi) is 28.8. The summed E-state index contributed by atoms with van der Waals surface area (Å²) in [5, 5.41) is 29.0. The number of nitrogens with two attached hydrogens (primary N) is 2. The van der Waals surface area contributed by atoms with Crippen LogP contribution in [0.4, 0.5) is 33.8 Å². The van der Waals surface area contributed by atoms with Gasteiger partial charge in [-0.1, -0.05) is 65.5 Å². The second-order valence-corrected chi connectivity index (χ2v) is 37.4. The van der Waals surface area contributed by atoms with Crippen LogP contribution in [0.15, 0.2) is 99.6 Å². The predicted molar refractivity (Wildman–Crippen MR) is 402 cm³/mol. The van der Waals surface area contributed by atoms with E-state index in [1.165, 1.54) is 62.9 Å². The van der Waals surface area contributed by atoms with E-state index in [0.29, 0.717) is 49.4 Å². The minimum absolute atomic E-state index is 0.00148. The van der Waals surface area contributed by atoms with Gasteiger partial charge in [0.2, 0.25) is 23.5 Å². The van der Waals surface area contributed by atoms with E-state index < -0.39 is 136 Å². The summed E-state index contributed by atoms with van der Waals surface area (Å²) in [6.45, 7) is 9.53. The zero-order valence-electron chi connectivity index (χ0n) is 60.0. The summed E-state index contributed by atoms with van der Waals surface area (Å²) in [6, 6.07) is 7.78. The van der Waals surface area contributed by atoms with E-state index in [-0.39, 0.29) is 95.1 Å². The molecule has 0 spiro atoms. The quantitative estimate of drug-likeness (QED) is 0.00503. The van der Waals surface area contributed by atoms with Gasteiger partial charge in [-0.2, -0.15) is 45.0 Å². The first-order valence-corrected chi connectivity index (χ1v) is 45.2. The molecule has 4 aliphatic rings. The van der Waals surface area contributed by atoms with E-state index in [1.54, 1.807) is 12.1 Å². The van der Waals surface area contributed by atoms with Gasteiger partial charge in [0.25, 0.3) is 20.2 Å². The van der Waals surface area contributed by atoms with E-state index in [0.717, 1.165) is 27.2 Å². The number of allylic oxidation sites excluding steroid dienone is 6. The number of likely N-dealkylation sites (N-methyl/N-ethyl adjacent to an activating group) is 1. The molecule has 5 aromatic rings. The maximum Gasteiger partial charge on any atom is 0.490 e. The van der Waals surface area contributed by atoms with Crippen LogP contribution in [0.5, 0.6) is 0 Å². The SMILES string of the molecule is CCN1/C(=C/C=C/C=C/C2=[N+](CCCCCC(=O)NC(CSSCCCOC(=O)Nc3nc(N)nc4c3ncn4[C@@H]3C[C@H](O)[C@@H](COP(=O)(O)OP(=O)(O)OP(=O)(O)O)O3)C(=O)NCCC#Cc3cn(C4CC(O)C(OP(=O)(O)O)O4)c(=O)nc3N)c3ccc(S(=O)(=O)O)cc3C2(C)C)C(C)(C)c2cc(S(=O)(=O)O)ccc21. The molecule has 612 valence electrons. The Morgan fingerprint density at radius 2 is 1.51 bits per heavy atom. The molecule has 7 heterocycles. The zero-order chi connectivity index (χ0) is 82.3. The summed E-state index contributed by atoms with van der Waals surface area (Å²) in [5.74, 6) is 4.06. The fourth-order valence-corrected chi connectivity index (χ4v) is 19.1. The number of phosphoric acid groups is 4. The number of carbonyl (C=O) groups excluding carboxylic acids is 3. The number of benzene rings is 2. The molecule has 2 saturated heterocycles. The molecule has 9 atom stereocenters. The first kappa shape index (κ1) is 88.8. The number of rotatable bonds is 35. The van der Waals surface area contributed by atoms with Crippen molar-refractivity contribution in [3.8, 4) is 11.8 Å². The normalized spacial score (nSPS) is 21.4. The third kappa shape index (κ3) is 23.1. The average Bonchev–Trinajstić information content (AvgIpc) is 1.60. The third-order valence-electron chi connectivity index (χ3n) is 17.6. The number of hydrogen-bond acceptors (Lipinski definition) is 30. The number of amides is 3. The Hall–Kier alpha value is -7.19. The molecule has 42 nitrogen and oxygen atoms in total. The molecule has 2 fully saturated rings. The van der Waals surface area contributed by atoms with Crippen molar-refractivity contribution in [3.05, 3.63) is 112 Å². The number of unbranched alkanes of at least 4 members (excludes halogenated alkanes) is 2. The van der Waals surface area contributed by atoms with E-state index in [1.807, 2.05) is 69.6 Å². The van der Waals surface area contributed by atoms with Crippen molar-refractivity contribution in [3.63, 3.8) is 0 Å². The monoisotopic (exact) mass is 1720 g/mol. The molecule has 9 rings (SSSR count). The van der Waals surface area contributed by atoms with Gasteiger partial charge in [0, 0.05) is 97.4 Å². The van der Waals surface area contributed by atoms with Gasteiger partial charge in [-0.05, 0) is 82.0 Å². The molecule has 4 aliphatic heterocycles. The molecule has 2 aromatic carbocycles. The molecule has 0 bridgehead atoms. The van der Waals surface area contributed by atoms with E-state index in [2.05, 4.69) is 70.3 Å². The van der Waals surface area contributed by atoms with Gasteiger partial charge in [0.15, 0.2) is 29.0 Å². The first-order valence-electron chi connectivity index (χ1n) is 33.8. The van der Waals surface area contributed by atoms with Crippen LogP contribution in [0.25, 0.3) is 11.2 Å². The Morgan fingerprint density at radius 3 is 2.20 bits per heavy atom. The Bertz CT molecular complexity index is 5120. The van der Waals surface area contributed by atoms with Crippen molar-refractivity contribution in [2.45, 2.75) is 150 Å². The van der Waals surface area contributed by atoms with Gasteiger partial charge < -0.3 is 80.8 Å². The third-order valence-corrected chi connectivity index (χ3v) is 26.1. The number of fused-ring (bicyclic) bond motifs is 3. The Balaban J connectivity index is 0.808. The summed E-state index contributed by atoms with van der Waals surface area (Å²) in [5.41, 5.74) is 14.1. The number of aromatic nitrogens is 6. The molecule has 0 saturated carbocycles. The van der Waals surface area contributed by atoms with E-state index >= 15 is 0 Å². The number of aliphatic hydroxyl groups excluding tert-OH is 2. The second kappa shape index (κ2) is 36.3. The largest absolute Gasteiger partial charge is 0.490 e. The lowest BCUT2D eigenvalue weighted by molar-refractivity contribution is -0.438. The molecule has 0 aliphatic carbocycles. The summed E-state index contributed by atoms with van der Waals surface area (Å²) >= 11 is 0. The molecule has 6 unspecified atom stereocenters. The number of aliphatic hydroxyl groups is 2. The highest BCUT2D eigenvalue weighted by atomic mass is 33.1. The number of phosphoric ester groups is 2. The number of carbonyl (C=O) groups is 3. The molecule has 0 radical (unpaired) electrons. The molecule has 50 heteroatoms. The summed E-state index contributed by atoms with van der Waals surface area (Å²) < 4.78 is 152. The van der Waals surface area contributed by atoms with Crippen molar-refractivity contribution < 1.29 is 135 Å². The van der Waals surface area contributed by atoms with Crippen LogP contribution in [0.3, 0.4) is 0 Å². The lowest BCUT2D eigenvalue weighted by Crippen LogP contribution is -2.48. The Labute approximate surface area is 647 Å². The van der Waals surface area contributed by atoms with Crippen LogP contribution in [-0.2, 0) is 90.8 Å². The van der Waals surface area contributed by atoms with Crippen LogP contribution in [0.2, 0.25) is 0 Å². The highest BCUT2D eigenvalue weighted by Gasteiger charge is 2.47. The average molecular weight is 1730 g/mol. The molecular formula is C62H82N13O29P4S4+. The van der Waals surface area contributed by atoms with Crippen molar-refractivity contribution in [1.82, 2.24) is 39.7 Å². The van der Waals surface area contributed by atoms with Crippen molar-refractivity contribution in [2.75, 3.05) is 66.0 Å². The van der Waals surface area contributed by atoms with Gasteiger partial charge in [0.1, 0.15) is 43.1 Å². The number of anilines is 4. The second-order valence-electron chi connectivity index (χ2n) is 26.3. The van der Waals surface area contributed by atoms with E-state index in [4.69, 9.17) is 35.5 Å². The van der Waals surface area contributed by atoms with Crippen LogP contribution in [0.1, 0.15) is 115 Å². The topological polar surface area (TPSA) is 628 Å². The smallest absolute Gasteiger partial charge is 0.449 e. The minimum Gasteiger partial charge on any atom is -0.449 e. The van der Waals surface area contributed by atoms with Gasteiger partial charge in [-0.15, -0.1) is 0 Å². The van der Waals surface area contributed by atoms with Crippen molar-refractivity contribution in [1.29, 1.82) is 0 Å². The summed E-state index contributed by atoms with van der Waals surface area (Å²) in [6.07, 6.45) is 3.27. The summed E-state index contributed by atoms with van der Waals surface area (Å²) in [4.78, 5) is 127. The molecule has 112 heavy (non-hydrogen) atoms.